The molecule has 1 amide bonds. The molecule has 2 heterocycles. The first-order valence-corrected chi connectivity index (χ1v) is 8.50. The summed E-state index contributed by atoms with van der Waals surface area (Å²) in [7, 11) is 0. The van der Waals surface area contributed by atoms with Crippen LogP contribution < -0.4 is 5.32 Å². The Bertz CT molecular complexity index is 1020. The molecular weight excluding hydrogens is 415 g/mol. The van der Waals surface area contributed by atoms with Crippen molar-refractivity contribution in [1.29, 1.82) is 0 Å². The Morgan fingerprint density at radius 2 is 2.00 bits per heavy atom. The van der Waals surface area contributed by atoms with Crippen LogP contribution in [-0.2, 0) is 22.3 Å². The van der Waals surface area contributed by atoms with Crippen molar-refractivity contribution in [1.82, 2.24) is 9.78 Å². The minimum Gasteiger partial charge on any atom is -0.452 e. The van der Waals surface area contributed by atoms with Crippen LogP contribution in [0.4, 0.5) is 18.9 Å². The minimum atomic E-state index is -4.72. The first kappa shape index (κ1) is 20.5. The number of furan rings is 1. The summed E-state index contributed by atoms with van der Waals surface area (Å²) in [5, 5.41) is 5.71. The van der Waals surface area contributed by atoms with E-state index in [-0.39, 0.29) is 17.3 Å². The number of ether oxygens (including phenoxy) is 1. The molecule has 3 rings (SSSR count). The fourth-order valence-electron chi connectivity index (χ4n) is 2.39. The molecule has 29 heavy (non-hydrogen) atoms. The van der Waals surface area contributed by atoms with Crippen LogP contribution in [0.5, 0.6) is 0 Å². The highest BCUT2D eigenvalue weighted by Crippen LogP contribution is 2.38. The number of aromatic nitrogens is 2. The van der Waals surface area contributed by atoms with Gasteiger partial charge in [0.1, 0.15) is 5.76 Å². The van der Waals surface area contributed by atoms with Crippen molar-refractivity contribution >= 4 is 29.2 Å². The number of amides is 1. The summed E-state index contributed by atoms with van der Waals surface area (Å²) < 4.78 is 50.8. The molecule has 0 unspecified atom stereocenters. The van der Waals surface area contributed by atoms with E-state index in [4.69, 9.17) is 20.8 Å². The van der Waals surface area contributed by atoms with Gasteiger partial charge < -0.3 is 14.5 Å². The Balaban J connectivity index is 1.59. The maximum atomic E-state index is 13.0. The average Bonchev–Trinajstić information content (AvgIpc) is 3.33. The number of carbonyl (C=O) groups is 2. The van der Waals surface area contributed by atoms with E-state index in [1.807, 2.05) is 5.32 Å². The van der Waals surface area contributed by atoms with Gasteiger partial charge in [0, 0.05) is 12.4 Å². The lowest BCUT2D eigenvalue weighted by molar-refractivity contribution is -0.137. The molecule has 0 aliphatic carbocycles. The van der Waals surface area contributed by atoms with Gasteiger partial charge in [-0.25, -0.2) is 4.79 Å². The van der Waals surface area contributed by atoms with Crippen LogP contribution in [0.15, 0.2) is 53.2 Å². The fraction of sp³-hybridized carbons (Fsp3) is 0.167. The van der Waals surface area contributed by atoms with Gasteiger partial charge in [-0.1, -0.05) is 17.7 Å². The molecule has 1 N–H and O–H groups in total. The number of hydrogen-bond donors (Lipinski definition) is 1. The molecule has 0 radical (unpaired) electrons. The number of halogens is 4. The van der Waals surface area contributed by atoms with Gasteiger partial charge in [-0.2, -0.15) is 18.3 Å². The average molecular weight is 428 g/mol. The Kier molecular flexibility index (Phi) is 5.92. The Morgan fingerprint density at radius 3 is 2.69 bits per heavy atom. The number of para-hydroxylation sites is 1. The molecule has 3 aromatic rings. The lowest BCUT2D eigenvalue weighted by atomic mass is 10.1. The van der Waals surface area contributed by atoms with Crippen molar-refractivity contribution in [2.45, 2.75) is 12.7 Å². The lowest BCUT2D eigenvalue weighted by Crippen LogP contribution is -2.23. The quantitative estimate of drug-likeness (QED) is 0.601. The van der Waals surface area contributed by atoms with Crippen molar-refractivity contribution in [2.75, 3.05) is 11.9 Å². The third-order valence-corrected chi connectivity index (χ3v) is 3.97. The highest BCUT2D eigenvalue weighted by molar-refractivity contribution is 6.34. The molecule has 0 saturated carbocycles. The first-order valence-electron chi connectivity index (χ1n) is 8.13. The normalized spacial score (nSPS) is 11.3. The fourth-order valence-corrected chi connectivity index (χ4v) is 2.61. The molecule has 0 aliphatic heterocycles. The summed E-state index contributed by atoms with van der Waals surface area (Å²) in [4.78, 5) is 23.9. The maximum absolute atomic E-state index is 13.0. The number of hydrogen-bond acceptors (Lipinski definition) is 5. The molecule has 0 fully saturated rings. The number of carbonyl (C=O) groups excluding carboxylic acids is 2. The number of nitrogens with one attached hydrogen (secondary N) is 1. The predicted octanol–water partition coefficient (Wildman–Crippen LogP) is 3.99. The summed E-state index contributed by atoms with van der Waals surface area (Å²) in [5.74, 6) is -1.66. The molecule has 7 nitrogen and oxygen atoms in total. The number of esters is 1. The van der Waals surface area contributed by atoms with E-state index < -0.39 is 35.9 Å². The van der Waals surface area contributed by atoms with Crippen molar-refractivity contribution in [3.05, 3.63) is 70.9 Å². The maximum Gasteiger partial charge on any atom is 0.418 e. The third kappa shape index (κ3) is 5.17. The van der Waals surface area contributed by atoms with Crippen LogP contribution in [-0.4, -0.2) is 28.3 Å². The summed E-state index contributed by atoms with van der Waals surface area (Å²) in [6, 6.07) is 7.70. The van der Waals surface area contributed by atoms with Gasteiger partial charge in [0.15, 0.2) is 6.61 Å². The van der Waals surface area contributed by atoms with Crippen LogP contribution in [0.3, 0.4) is 0 Å². The van der Waals surface area contributed by atoms with Gasteiger partial charge in [0.2, 0.25) is 5.76 Å². The van der Waals surface area contributed by atoms with E-state index in [0.29, 0.717) is 5.76 Å². The standard InChI is InChI=1S/C18H13ClF3N3O4/c19-13-4-1-3-12(18(20,21)22)16(13)24-15(26)10-28-17(27)14-6-5-11(29-14)9-25-8-2-7-23-25/h1-8H,9-10H2,(H,24,26). The monoisotopic (exact) mass is 427 g/mol. The molecule has 0 saturated heterocycles. The number of benzene rings is 1. The van der Waals surface area contributed by atoms with Crippen molar-refractivity contribution < 1.29 is 31.9 Å². The second-order valence-corrected chi connectivity index (χ2v) is 6.16. The van der Waals surface area contributed by atoms with E-state index in [0.717, 1.165) is 12.1 Å². The Hall–Kier alpha value is -3.27. The van der Waals surface area contributed by atoms with Gasteiger partial charge in [-0.05, 0) is 30.3 Å². The highest BCUT2D eigenvalue weighted by Gasteiger charge is 2.34. The molecule has 0 spiro atoms. The molecule has 0 aliphatic rings. The SMILES string of the molecule is O=C(COC(=O)c1ccc(Cn2cccn2)o1)Nc1c(Cl)cccc1C(F)(F)F. The molecular formula is C18H13ClF3N3O4. The second kappa shape index (κ2) is 8.39. The van der Waals surface area contributed by atoms with Crippen molar-refractivity contribution in [3.8, 4) is 0 Å². The molecule has 0 bridgehead atoms. The number of rotatable bonds is 6. The zero-order valence-electron chi connectivity index (χ0n) is 14.6. The van der Waals surface area contributed by atoms with Crippen LogP contribution in [0, 0.1) is 0 Å². The number of anilines is 1. The van der Waals surface area contributed by atoms with Gasteiger partial charge >= 0.3 is 12.1 Å². The molecule has 1 aromatic carbocycles. The van der Waals surface area contributed by atoms with E-state index in [1.54, 1.807) is 23.1 Å². The topological polar surface area (TPSA) is 86.4 Å². The smallest absolute Gasteiger partial charge is 0.418 e. The van der Waals surface area contributed by atoms with Crippen LogP contribution in [0.2, 0.25) is 5.02 Å². The van der Waals surface area contributed by atoms with Crippen LogP contribution >= 0.6 is 11.6 Å². The van der Waals surface area contributed by atoms with Crippen LogP contribution in [0.1, 0.15) is 21.9 Å². The predicted molar refractivity (Wildman–Crippen MR) is 95.4 cm³/mol. The van der Waals surface area contributed by atoms with Crippen molar-refractivity contribution in [3.63, 3.8) is 0 Å². The number of nitrogens with zero attached hydrogens (tertiary/aromatic N) is 2. The minimum absolute atomic E-state index is 0.159. The largest absolute Gasteiger partial charge is 0.452 e. The molecule has 152 valence electrons. The molecule has 11 heteroatoms. The third-order valence-electron chi connectivity index (χ3n) is 3.66. The van der Waals surface area contributed by atoms with Gasteiger partial charge in [-0.3, -0.25) is 9.48 Å². The van der Waals surface area contributed by atoms with Crippen LogP contribution in [0.25, 0.3) is 0 Å². The summed E-state index contributed by atoms with van der Waals surface area (Å²) in [5.41, 5.74) is -1.72. The zero-order chi connectivity index (χ0) is 21.0. The van der Waals surface area contributed by atoms with Gasteiger partial charge in [0.05, 0.1) is 22.8 Å². The number of alkyl halides is 3. The molecule has 0 atom stereocenters. The van der Waals surface area contributed by atoms with E-state index in [2.05, 4.69) is 5.10 Å². The van der Waals surface area contributed by atoms with E-state index in [1.165, 1.54) is 18.2 Å². The van der Waals surface area contributed by atoms with Gasteiger partial charge in [0.25, 0.3) is 5.91 Å². The highest BCUT2D eigenvalue weighted by atomic mass is 35.5. The summed E-state index contributed by atoms with van der Waals surface area (Å²) in [6.45, 7) is -0.538. The molecule has 2 aromatic heterocycles. The summed E-state index contributed by atoms with van der Waals surface area (Å²) in [6.07, 6.45) is -1.43. The van der Waals surface area contributed by atoms with Crippen molar-refractivity contribution in [2.24, 2.45) is 0 Å². The zero-order valence-corrected chi connectivity index (χ0v) is 15.3. The van der Waals surface area contributed by atoms with E-state index in [9.17, 15) is 22.8 Å². The van der Waals surface area contributed by atoms with Gasteiger partial charge in [-0.15, -0.1) is 0 Å². The Morgan fingerprint density at radius 1 is 1.21 bits per heavy atom. The summed E-state index contributed by atoms with van der Waals surface area (Å²) >= 11 is 5.75. The first-order chi connectivity index (χ1) is 13.7. The Labute approximate surface area is 167 Å². The van der Waals surface area contributed by atoms with E-state index >= 15 is 0 Å². The lowest BCUT2D eigenvalue weighted by Gasteiger charge is -2.15. The second-order valence-electron chi connectivity index (χ2n) is 5.75.